The second kappa shape index (κ2) is 5.75. The van der Waals surface area contributed by atoms with Crippen LogP contribution < -0.4 is 0 Å². The van der Waals surface area contributed by atoms with Crippen molar-refractivity contribution in [1.82, 2.24) is 0 Å². The van der Waals surface area contributed by atoms with Crippen LogP contribution in [0.3, 0.4) is 0 Å². The van der Waals surface area contributed by atoms with Crippen LogP contribution in [0.25, 0.3) is 0 Å². The summed E-state index contributed by atoms with van der Waals surface area (Å²) in [7, 11) is 2.80. The monoisotopic (exact) mass is 215 g/mol. The van der Waals surface area contributed by atoms with E-state index in [4.69, 9.17) is 23.2 Å². The number of hydrogen-bond donors (Lipinski definition) is 0. The Morgan fingerprint density at radius 3 is 1.67 bits per heavy atom. The van der Waals surface area contributed by atoms with Gasteiger partial charge in [0.1, 0.15) is 5.25 Å². The summed E-state index contributed by atoms with van der Waals surface area (Å²) >= 11 is 10.7. The van der Waals surface area contributed by atoms with Crippen LogP contribution in [0.2, 0.25) is 0 Å². The Labute approximate surface area is 74.7 Å². The Balaban J connectivity index is 0. The molecule has 0 aliphatic carbocycles. The largest absolute Gasteiger partial charge is 0.367 e. The summed E-state index contributed by atoms with van der Waals surface area (Å²) in [6.45, 7) is 0. The van der Waals surface area contributed by atoms with Crippen molar-refractivity contribution in [3.8, 4) is 0 Å². The Hall–Kier alpha value is 0.994. The molecule has 0 radical (unpaired) electrons. The van der Waals surface area contributed by atoms with Crippen LogP contribution in [0.1, 0.15) is 0 Å². The van der Waals surface area contributed by atoms with Crippen LogP contribution >= 0.6 is 23.2 Å². The summed E-state index contributed by atoms with van der Waals surface area (Å²) in [4.78, 5) is 0. The van der Waals surface area contributed by atoms with Crippen molar-refractivity contribution >= 4 is 23.2 Å². The van der Waals surface area contributed by atoms with E-state index in [1.807, 2.05) is 0 Å². The maximum Gasteiger partial charge on any atom is 0.132 e. The first-order chi connectivity index (χ1) is 3.68. The fourth-order valence-corrected chi connectivity index (χ4v) is 0.351. The van der Waals surface area contributed by atoms with Gasteiger partial charge in [0, 0.05) is 30.7 Å². The van der Waals surface area contributed by atoms with Gasteiger partial charge < -0.3 is 21.1 Å². The van der Waals surface area contributed by atoms with Crippen LogP contribution in [-0.4, -0.2) is 19.5 Å². The number of halogens is 2. The van der Waals surface area contributed by atoms with Gasteiger partial charge >= 0.3 is 0 Å². The molecule has 0 N–H and O–H groups in total. The smallest absolute Gasteiger partial charge is 0.132 e. The predicted molar refractivity (Wildman–Crippen MR) is 32.8 cm³/mol. The summed E-state index contributed by atoms with van der Waals surface area (Å²) in [5.41, 5.74) is 0. The molecule has 0 heterocycles. The molecule has 5 heteroatoms. The molecule has 2 nitrogen and oxygen atoms in total. The Morgan fingerprint density at radius 2 is 1.67 bits per heavy atom. The molecule has 0 atom stereocenters. The Morgan fingerprint density at radius 1 is 1.33 bits per heavy atom. The van der Waals surface area contributed by atoms with Gasteiger partial charge in [-0.1, -0.05) is 11.6 Å². The third-order valence-electron chi connectivity index (χ3n) is 0.687. The van der Waals surface area contributed by atoms with Gasteiger partial charge in [0.05, 0.1) is 0 Å². The average Bonchev–Trinajstić information content (AvgIpc) is 1.87. The first-order valence-corrected chi connectivity index (χ1v) is 2.74. The van der Waals surface area contributed by atoms with Crippen molar-refractivity contribution in [1.29, 1.82) is 0 Å². The summed E-state index contributed by atoms with van der Waals surface area (Å²) in [5.74, 6) is 1.09. The molecule has 0 saturated heterocycles. The van der Waals surface area contributed by atoms with E-state index in [9.17, 15) is 0 Å². The van der Waals surface area contributed by atoms with Crippen molar-refractivity contribution in [2.24, 2.45) is 0 Å². The van der Waals surface area contributed by atoms with Gasteiger partial charge in [-0.05, 0) is 0 Å². The fraction of sp³-hybridized carbons (Fsp3) is 0.750. The number of methoxy groups -OCH3 is 2. The van der Waals surface area contributed by atoms with Gasteiger partial charge in [-0.25, -0.2) is 0 Å². The molecular formula is C4H7Cl2NiO2-. The van der Waals surface area contributed by atoms with E-state index < -0.39 is 5.25 Å². The van der Waals surface area contributed by atoms with Crippen LogP contribution in [0.5, 0.6) is 0 Å². The molecule has 0 fully saturated rings. The van der Waals surface area contributed by atoms with E-state index >= 15 is 0 Å². The molecule has 60 valence electrons. The van der Waals surface area contributed by atoms with Crippen molar-refractivity contribution < 1.29 is 26.0 Å². The molecule has 0 saturated carbocycles. The van der Waals surface area contributed by atoms with Crippen LogP contribution in [0, 0.1) is 5.88 Å². The zero-order valence-electron chi connectivity index (χ0n) is 4.97. The van der Waals surface area contributed by atoms with Gasteiger partial charge in [-0.3, -0.25) is 0 Å². The van der Waals surface area contributed by atoms with Gasteiger partial charge in [0.15, 0.2) is 0 Å². The molecule has 0 unspecified atom stereocenters. The van der Waals surface area contributed by atoms with Gasteiger partial charge in [-0.2, -0.15) is 5.88 Å². The average molecular weight is 217 g/mol. The first-order valence-electron chi connectivity index (χ1n) is 1.92. The van der Waals surface area contributed by atoms with Crippen molar-refractivity contribution in [3.63, 3.8) is 0 Å². The third-order valence-corrected chi connectivity index (χ3v) is 1.50. The zero-order chi connectivity index (χ0) is 6.62. The second-order valence-corrected chi connectivity index (χ2v) is 1.84. The maximum absolute atomic E-state index is 5.46. The molecule has 0 aliphatic rings. The van der Waals surface area contributed by atoms with E-state index in [1.165, 1.54) is 14.2 Å². The molecule has 0 rings (SSSR count). The minimum atomic E-state index is -1.26. The predicted octanol–water partition coefficient (Wildman–Crippen LogP) is 1.57. The summed E-state index contributed by atoms with van der Waals surface area (Å²) < 4.78 is 9.18. The number of alkyl halides is 1. The van der Waals surface area contributed by atoms with E-state index in [-0.39, 0.29) is 16.5 Å². The Bertz CT molecular complexity index is 59.3. The normalized spacial score (nSPS) is 10.7. The first kappa shape index (κ1) is 12.7. The maximum atomic E-state index is 5.46. The molecule has 0 bridgehead atoms. The topological polar surface area (TPSA) is 18.5 Å². The molecule has 0 aromatic rings. The molecule has 0 aromatic heterocycles. The third kappa shape index (κ3) is 4.40. The van der Waals surface area contributed by atoms with Gasteiger partial charge in [-0.15, -0.1) is 0 Å². The second-order valence-electron chi connectivity index (χ2n) is 1.10. The number of hydrogen-bond acceptors (Lipinski definition) is 2. The van der Waals surface area contributed by atoms with Crippen LogP contribution in [0.4, 0.5) is 0 Å². The quantitative estimate of drug-likeness (QED) is 0.309. The van der Waals surface area contributed by atoms with Gasteiger partial charge in [0.2, 0.25) is 0 Å². The van der Waals surface area contributed by atoms with Gasteiger partial charge in [0.25, 0.3) is 0 Å². The SMILES string of the molecule is COC(Cl)([CH-]Cl)OC.[Ni]. The summed E-state index contributed by atoms with van der Waals surface area (Å²) in [6, 6.07) is 0. The summed E-state index contributed by atoms with van der Waals surface area (Å²) in [6.07, 6.45) is 0. The fourth-order valence-electron chi connectivity index (χ4n) is 0.172. The van der Waals surface area contributed by atoms with E-state index in [2.05, 4.69) is 9.47 Å². The number of rotatable bonds is 3. The molecule has 0 aliphatic heterocycles. The van der Waals surface area contributed by atoms with Crippen molar-refractivity contribution in [2.45, 2.75) is 5.25 Å². The standard InChI is InChI=1S/C4H7Cl2O2.Ni/c1-7-4(6,3-5)8-2;/h3H,1-2H3;/q-1;. The van der Waals surface area contributed by atoms with Crippen molar-refractivity contribution in [3.05, 3.63) is 5.88 Å². The van der Waals surface area contributed by atoms with E-state index in [1.54, 1.807) is 0 Å². The molecular weight excluding hydrogens is 210 g/mol. The van der Waals surface area contributed by atoms with E-state index in [0.717, 1.165) is 5.88 Å². The van der Waals surface area contributed by atoms with E-state index in [0.29, 0.717) is 0 Å². The van der Waals surface area contributed by atoms with Crippen LogP contribution in [0.15, 0.2) is 0 Å². The minimum absolute atomic E-state index is 0. The van der Waals surface area contributed by atoms with Crippen molar-refractivity contribution in [2.75, 3.05) is 14.2 Å². The molecule has 0 aromatic carbocycles. The molecule has 0 spiro atoms. The molecule has 0 amide bonds. The Kier molecular flexibility index (Phi) is 8.09. The minimum Gasteiger partial charge on any atom is -0.367 e. The zero-order valence-corrected chi connectivity index (χ0v) is 7.47. The molecule has 9 heavy (non-hydrogen) atoms. The summed E-state index contributed by atoms with van der Waals surface area (Å²) in [5, 5.41) is -1.26. The number of ether oxygens (including phenoxy) is 2. The van der Waals surface area contributed by atoms with Crippen LogP contribution in [-0.2, 0) is 26.0 Å².